The average Bonchev–Trinajstić information content (AvgIpc) is 2.96. The lowest BCUT2D eigenvalue weighted by atomic mass is 9.94. The number of hydrogen-bond donors (Lipinski definition) is 1. The molecule has 0 fully saturated rings. The molecule has 0 saturated heterocycles. The van der Waals surface area contributed by atoms with Gasteiger partial charge in [0, 0.05) is 0 Å². The number of rotatable bonds is 34. The van der Waals surface area contributed by atoms with Crippen molar-refractivity contribution in [2.75, 3.05) is 0 Å². The Morgan fingerprint density at radius 2 is 0.829 bits per heavy atom. The number of carboxylic acid groups (broad SMARTS) is 1. The molecule has 0 heterocycles. The van der Waals surface area contributed by atoms with Gasteiger partial charge < -0.3 is 5.11 Å². The van der Waals surface area contributed by atoms with Crippen molar-refractivity contribution >= 4 is 5.97 Å². The molecule has 0 aliphatic heterocycles. The van der Waals surface area contributed by atoms with Crippen molar-refractivity contribution in [2.24, 2.45) is 11.8 Å². The molecule has 0 aliphatic rings. The molecule has 0 aromatic heterocycles. The van der Waals surface area contributed by atoms with Gasteiger partial charge in [-0.05, 0) is 38.0 Å². The van der Waals surface area contributed by atoms with Crippen molar-refractivity contribution in [3.63, 3.8) is 0 Å². The minimum atomic E-state index is -0.560. The normalized spacial score (nSPS) is 13.2. The minimum Gasteiger partial charge on any atom is -0.481 e. The van der Waals surface area contributed by atoms with Gasteiger partial charge in [0.25, 0.3) is 0 Å². The lowest BCUT2D eigenvalue weighted by Crippen LogP contribution is -2.13. The van der Waals surface area contributed by atoms with Crippen LogP contribution in [0, 0.1) is 11.8 Å². The Morgan fingerprint density at radius 3 is 1.22 bits per heavy atom. The number of aliphatic carboxylic acids is 1. The molecule has 2 nitrogen and oxygen atoms in total. The average molecular weight is 577 g/mol. The van der Waals surface area contributed by atoms with Crippen LogP contribution in [0.2, 0.25) is 0 Å². The molecule has 0 amide bonds. The van der Waals surface area contributed by atoms with Crippen LogP contribution in [0.3, 0.4) is 0 Å². The second-order valence-corrected chi connectivity index (χ2v) is 13.5. The van der Waals surface area contributed by atoms with Crippen molar-refractivity contribution in [2.45, 2.75) is 220 Å². The Bertz CT molecular complexity index is 540. The first-order chi connectivity index (χ1) is 20.1. The molecule has 0 bridgehead atoms. The molecule has 0 aromatic carbocycles. The summed E-state index contributed by atoms with van der Waals surface area (Å²) in [6.45, 7) is 6.98. The van der Waals surface area contributed by atoms with Crippen LogP contribution in [-0.4, -0.2) is 11.1 Å². The Kier molecular flexibility index (Phi) is 33.1. The number of allylic oxidation sites excluding steroid dienone is 2. The van der Waals surface area contributed by atoms with E-state index >= 15 is 0 Å². The Hall–Kier alpha value is -0.790. The molecule has 0 radical (unpaired) electrons. The summed E-state index contributed by atoms with van der Waals surface area (Å²) < 4.78 is 0. The molecule has 0 saturated carbocycles. The van der Waals surface area contributed by atoms with Crippen LogP contribution in [0.25, 0.3) is 0 Å². The fourth-order valence-corrected chi connectivity index (χ4v) is 6.17. The summed E-state index contributed by atoms with van der Waals surface area (Å²) in [6.07, 6.45) is 45.4. The van der Waals surface area contributed by atoms with E-state index in [2.05, 4.69) is 32.9 Å². The molecule has 41 heavy (non-hydrogen) atoms. The van der Waals surface area contributed by atoms with E-state index in [-0.39, 0.29) is 5.92 Å². The van der Waals surface area contributed by atoms with Gasteiger partial charge in [0.2, 0.25) is 0 Å². The van der Waals surface area contributed by atoms with Gasteiger partial charge in [0.05, 0.1) is 5.92 Å². The highest BCUT2D eigenvalue weighted by Crippen LogP contribution is 2.21. The standard InChI is InChI=1S/C39H76O2/c1-4-6-8-10-12-14-15-16-18-23-27-31-35-38(39(40)41)36-32-28-24-20-19-22-26-30-34-37(3)33-29-25-21-17-13-11-9-7-5-2/h25,29,37-38H,4-24,26-28,30-36H2,1-3H3,(H,40,41). The molecule has 2 heteroatoms. The zero-order valence-electron chi connectivity index (χ0n) is 28.6. The largest absolute Gasteiger partial charge is 0.481 e. The molecular weight excluding hydrogens is 500 g/mol. The van der Waals surface area contributed by atoms with Crippen LogP contribution in [0.5, 0.6) is 0 Å². The summed E-state index contributed by atoms with van der Waals surface area (Å²) >= 11 is 0. The lowest BCUT2D eigenvalue weighted by Gasteiger charge is -2.12. The van der Waals surface area contributed by atoms with E-state index in [1.807, 2.05) is 0 Å². The van der Waals surface area contributed by atoms with E-state index in [9.17, 15) is 9.90 Å². The summed E-state index contributed by atoms with van der Waals surface area (Å²) in [4.78, 5) is 11.7. The van der Waals surface area contributed by atoms with Gasteiger partial charge in [-0.1, -0.05) is 200 Å². The van der Waals surface area contributed by atoms with E-state index in [1.54, 1.807) is 0 Å². The summed E-state index contributed by atoms with van der Waals surface area (Å²) in [7, 11) is 0. The molecule has 0 spiro atoms. The SMILES string of the molecule is CCCCCCCCC=CCC(C)CCCCCCCCCCC(CCCCCCCCCCCCCC)C(=O)O. The van der Waals surface area contributed by atoms with E-state index in [0.29, 0.717) is 0 Å². The molecular formula is C39H76O2. The third-order valence-electron chi connectivity index (χ3n) is 9.18. The van der Waals surface area contributed by atoms with Crippen LogP contribution in [0.1, 0.15) is 220 Å². The van der Waals surface area contributed by atoms with E-state index in [1.165, 1.54) is 173 Å². The summed E-state index contributed by atoms with van der Waals surface area (Å²) in [6, 6.07) is 0. The number of carboxylic acids is 1. The predicted octanol–water partition coefficient (Wildman–Crippen LogP) is 14.0. The quantitative estimate of drug-likeness (QED) is 0.0611. The van der Waals surface area contributed by atoms with Crippen LogP contribution in [-0.2, 0) is 4.79 Å². The maximum absolute atomic E-state index is 11.7. The Balaban J connectivity index is 3.49. The van der Waals surface area contributed by atoms with E-state index < -0.39 is 5.97 Å². The molecule has 0 aliphatic carbocycles. The molecule has 0 rings (SSSR count). The van der Waals surface area contributed by atoms with Crippen LogP contribution in [0.4, 0.5) is 0 Å². The Labute approximate surface area is 259 Å². The highest BCUT2D eigenvalue weighted by molar-refractivity contribution is 5.69. The van der Waals surface area contributed by atoms with Crippen molar-refractivity contribution in [1.29, 1.82) is 0 Å². The number of hydrogen-bond acceptors (Lipinski definition) is 1. The van der Waals surface area contributed by atoms with Crippen LogP contribution < -0.4 is 0 Å². The third-order valence-corrected chi connectivity index (χ3v) is 9.18. The smallest absolute Gasteiger partial charge is 0.306 e. The molecule has 0 aromatic rings. The van der Waals surface area contributed by atoms with E-state index in [0.717, 1.165) is 31.6 Å². The summed E-state index contributed by atoms with van der Waals surface area (Å²) in [5.74, 6) is 0.161. The second-order valence-electron chi connectivity index (χ2n) is 13.5. The second kappa shape index (κ2) is 33.7. The van der Waals surface area contributed by atoms with Crippen LogP contribution in [0.15, 0.2) is 12.2 Å². The van der Waals surface area contributed by atoms with Gasteiger partial charge in [0.15, 0.2) is 0 Å². The maximum Gasteiger partial charge on any atom is 0.306 e. The highest BCUT2D eigenvalue weighted by atomic mass is 16.4. The van der Waals surface area contributed by atoms with Gasteiger partial charge in [-0.2, -0.15) is 0 Å². The molecule has 2 unspecified atom stereocenters. The fraction of sp³-hybridized carbons (Fsp3) is 0.923. The lowest BCUT2D eigenvalue weighted by molar-refractivity contribution is -0.142. The summed E-state index contributed by atoms with van der Waals surface area (Å²) in [5.41, 5.74) is 0. The zero-order valence-corrected chi connectivity index (χ0v) is 28.6. The van der Waals surface area contributed by atoms with Gasteiger partial charge in [0.1, 0.15) is 0 Å². The third kappa shape index (κ3) is 32.0. The van der Waals surface area contributed by atoms with Crippen molar-refractivity contribution in [3.8, 4) is 0 Å². The van der Waals surface area contributed by atoms with Crippen LogP contribution >= 0.6 is 0 Å². The highest BCUT2D eigenvalue weighted by Gasteiger charge is 2.16. The minimum absolute atomic E-state index is 0.106. The first kappa shape index (κ1) is 40.2. The molecule has 2 atom stereocenters. The van der Waals surface area contributed by atoms with Gasteiger partial charge in [-0.25, -0.2) is 0 Å². The number of unbranched alkanes of at least 4 members (excludes halogenated alkanes) is 24. The van der Waals surface area contributed by atoms with Gasteiger partial charge in [-0.3, -0.25) is 4.79 Å². The predicted molar refractivity (Wildman–Crippen MR) is 184 cm³/mol. The zero-order chi connectivity index (χ0) is 30.1. The van der Waals surface area contributed by atoms with Gasteiger partial charge >= 0.3 is 5.97 Å². The number of carbonyl (C=O) groups is 1. The van der Waals surface area contributed by atoms with Crippen molar-refractivity contribution in [3.05, 3.63) is 12.2 Å². The topological polar surface area (TPSA) is 37.3 Å². The first-order valence-corrected chi connectivity index (χ1v) is 19.0. The monoisotopic (exact) mass is 577 g/mol. The van der Waals surface area contributed by atoms with Crippen molar-refractivity contribution < 1.29 is 9.90 Å². The van der Waals surface area contributed by atoms with Crippen molar-refractivity contribution in [1.82, 2.24) is 0 Å². The molecule has 244 valence electrons. The fourth-order valence-electron chi connectivity index (χ4n) is 6.17. The molecule has 1 N–H and O–H groups in total. The Morgan fingerprint density at radius 1 is 0.488 bits per heavy atom. The first-order valence-electron chi connectivity index (χ1n) is 19.0. The maximum atomic E-state index is 11.7. The van der Waals surface area contributed by atoms with Gasteiger partial charge in [-0.15, -0.1) is 0 Å². The summed E-state index contributed by atoms with van der Waals surface area (Å²) in [5, 5.41) is 9.62. The van der Waals surface area contributed by atoms with E-state index in [4.69, 9.17) is 0 Å².